The standard InChI is InChI=1S/C19H17N3O4/c1-2-12-20-19(24)17(13-14-6-4-3-5-7-14)21-18(23)15-8-10-16(11-9-15)22(25)26/h2-11,13H,1,12H2,(H,20,24)(H,21,23)/b17-13+. The highest BCUT2D eigenvalue weighted by atomic mass is 16.6. The number of rotatable bonds is 7. The van der Waals surface area contributed by atoms with Gasteiger partial charge in [0.2, 0.25) is 0 Å². The van der Waals surface area contributed by atoms with Gasteiger partial charge in [-0.3, -0.25) is 19.7 Å². The third-order valence-corrected chi connectivity index (χ3v) is 3.35. The molecular formula is C19H17N3O4. The summed E-state index contributed by atoms with van der Waals surface area (Å²) in [5, 5.41) is 15.8. The molecule has 2 rings (SSSR count). The lowest BCUT2D eigenvalue weighted by molar-refractivity contribution is -0.384. The van der Waals surface area contributed by atoms with E-state index < -0.39 is 16.7 Å². The minimum atomic E-state index is -0.550. The molecule has 2 aromatic carbocycles. The Kier molecular flexibility index (Phi) is 6.39. The molecule has 0 bridgehead atoms. The molecule has 0 spiro atoms. The fourth-order valence-electron chi connectivity index (χ4n) is 2.06. The van der Waals surface area contributed by atoms with Crippen molar-refractivity contribution < 1.29 is 14.5 Å². The van der Waals surface area contributed by atoms with E-state index in [2.05, 4.69) is 17.2 Å². The van der Waals surface area contributed by atoms with Gasteiger partial charge in [-0.05, 0) is 23.8 Å². The van der Waals surface area contributed by atoms with Crippen molar-refractivity contribution in [3.8, 4) is 0 Å². The van der Waals surface area contributed by atoms with E-state index in [0.717, 1.165) is 5.56 Å². The van der Waals surface area contributed by atoms with Gasteiger partial charge in [0, 0.05) is 24.2 Å². The summed E-state index contributed by atoms with van der Waals surface area (Å²) >= 11 is 0. The highest BCUT2D eigenvalue weighted by Gasteiger charge is 2.15. The van der Waals surface area contributed by atoms with Crippen molar-refractivity contribution in [2.24, 2.45) is 0 Å². The second-order valence-electron chi connectivity index (χ2n) is 5.23. The number of nitrogens with one attached hydrogen (secondary N) is 2. The van der Waals surface area contributed by atoms with Gasteiger partial charge in [0.25, 0.3) is 17.5 Å². The van der Waals surface area contributed by atoms with E-state index in [0.29, 0.717) is 0 Å². The lowest BCUT2D eigenvalue weighted by Gasteiger charge is -2.10. The zero-order valence-electron chi connectivity index (χ0n) is 13.8. The third-order valence-electron chi connectivity index (χ3n) is 3.35. The van der Waals surface area contributed by atoms with Crippen LogP contribution in [0.1, 0.15) is 15.9 Å². The maximum atomic E-state index is 12.4. The summed E-state index contributed by atoms with van der Waals surface area (Å²) in [4.78, 5) is 34.8. The number of benzene rings is 2. The first-order chi connectivity index (χ1) is 12.5. The monoisotopic (exact) mass is 351 g/mol. The molecule has 0 aliphatic carbocycles. The van der Waals surface area contributed by atoms with Gasteiger partial charge in [-0.15, -0.1) is 6.58 Å². The number of non-ortho nitro benzene ring substituents is 1. The van der Waals surface area contributed by atoms with Crippen molar-refractivity contribution in [1.82, 2.24) is 10.6 Å². The van der Waals surface area contributed by atoms with E-state index in [-0.39, 0.29) is 23.5 Å². The van der Waals surface area contributed by atoms with Crippen LogP contribution in [0.5, 0.6) is 0 Å². The molecule has 0 unspecified atom stereocenters. The largest absolute Gasteiger partial charge is 0.347 e. The predicted molar refractivity (Wildman–Crippen MR) is 98.2 cm³/mol. The van der Waals surface area contributed by atoms with Gasteiger partial charge < -0.3 is 10.6 Å². The van der Waals surface area contributed by atoms with Crippen LogP contribution in [-0.2, 0) is 4.79 Å². The molecule has 2 amide bonds. The normalized spacial score (nSPS) is 10.7. The predicted octanol–water partition coefficient (Wildman–Crippen LogP) is 2.67. The number of amides is 2. The van der Waals surface area contributed by atoms with Crippen molar-refractivity contribution in [2.45, 2.75) is 0 Å². The van der Waals surface area contributed by atoms with Crippen LogP contribution in [-0.4, -0.2) is 23.3 Å². The minimum Gasteiger partial charge on any atom is -0.347 e. The Balaban J connectivity index is 2.23. The Morgan fingerprint density at radius 2 is 1.73 bits per heavy atom. The van der Waals surface area contributed by atoms with Crippen molar-refractivity contribution >= 4 is 23.6 Å². The molecule has 26 heavy (non-hydrogen) atoms. The summed E-state index contributed by atoms with van der Waals surface area (Å²) in [5.74, 6) is -1.01. The highest BCUT2D eigenvalue weighted by Crippen LogP contribution is 2.13. The zero-order valence-corrected chi connectivity index (χ0v) is 13.8. The summed E-state index contributed by atoms with van der Waals surface area (Å²) in [6, 6.07) is 14.2. The lowest BCUT2D eigenvalue weighted by atomic mass is 10.1. The molecule has 2 N–H and O–H groups in total. The molecule has 0 fully saturated rings. The van der Waals surface area contributed by atoms with Gasteiger partial charge in [-0.1, -0.05) is 36.4 Å². The maximum Gasteiger partial charge on any atom is 0.269 e. The minimum absolute atomic E-state index is 0.0569. The molecule has 0 saturated carbocycles. The van der Waals surface area contributed by atoms with E-state index in [1.54, 1.807) is 18.2 Å². The second kappa shape index (κ2) is 8.93. The van der Waals surface area contributed by atoms with Crippen LogP contribution >= 0.6 is 0 Å². The SMILES string of the molecule is C=CCNC(=O)/C(=C\c1ccccc1)NC(=O)c1ccc([N+](=O)[O-])cc1. The summed E-state index contributed by atoms with van der Waals surface area (Å²) in [5.41, 5.74) is 0.873. The summed E-state index contributed by atoms with van der Waals surface area (Å²) < 4.78 is 0. The van der Waals surface area contributed by atoms with E-state index >= 15 is 0 Å². The van der Waals surface area contributed by atoms with Crippen LogP contribution < -0.4 is 10.6 Å². The van der Waals surface area contributed by atoms with Gasteiger partial charge in [-0.2, -0.15) is 0 Å². The number of nitrogens with zero attached hydrogens (tertiary/aromatic N) is 1. The van der Waals surface area contributed by atoms with Gasteiger partial charge in [-0.25, -0.2) is 0 Å². The van der Waals surface area contributed by atoms with Crippen molar-refractivity contribution in [2.75, 3.05) is 6.54 Å². The van der Waals surface area contributed by atoms with Gasteiger partial charge in [0.1, 0.15) is 5.70 Å². The molecule has 0 saturated heterocycles. The first-order valence-electron chi connectivity index (χ1n) is 7.73. The molecule has 0 aliphatic heterocycles. The van der Waals surface area contributed by atoms with E-state index in [1.165, 1.54) is 30.3 Å². The number of nitro groups is 1. The molecule has 2 aromatic rings. The molecule has 0 aromatic heterocycles. The number of hydrogen-bond acceptors (Lipinski definition) is 4. The van der Waals surface area contributed by atoms with E-state index in [9.17, 15) is 19.7 Å². The molecule has 0 aliphatic rings. The zero-order chi connectivity index (χ0) is 18.9. The summed E-state index contributed by atoms with van der Waals surface area (Å²) in [6.07, 6.45) is 3.07. The molecule has 0 radical (unpaired) electrons. The first-order valence-corrected chi connectivity index (χ1v) is 7.73. The Bertz CT molecular complexity index is 843. The molecule has 7 heteroatoms. The van der Waals surface area contributed by atoms with Crippen molar-refractivity contribution in [1.29, 1.82) is 0 Å². The summed E-state index contributed by atoms with van der Waals surface area (Å²) in [7, 11) is 0. The number of hydrogen-bond donors (Lipinski definition) is 2. The highest BCUT2D eigenvalue weighted by molar-refractivity contribution is 6.05. The van der Waals surface area contributed by atoms with Crippen LogP contribution in [0.3, 0.4) is 0 Å². The van der Waals surface area contributed by atoms with Crippen LogP contribution in [0, 0.1) is 10.1 Å². The molecule has 132 valence electrons. The number of nitro benzene ring substituents is 1. The Labute approximate surface area is 150 Å². The van der Waals surface area contributed by atoms with Gasteiger partial charge in [0.15, 0.2) is 0 Å². The lowest BCUT2D eigenvalue weighted by Crippen LogP contribution is -2.34. The van der Waals surface area contributed by atoms with Crippen LogP contribution in [0.2, 0.25) is 0 Å². The van der Waals surface area contributed by atoms with Crippen molar-refractivity contribution in [3.05, 3.63) is 94.2 Å². The average molecular weight is 351 g/mol. The van der Waals surface area contributed by atoms with Crippen LogP contribution in [0.25, 0.3) is 6.08 Å². The third kappa shape index (κ3) is 5.13. The van der Waals surface area contributed by atoms with Gasteiger partial charge in [0.05, 0.1) is 4.92 Å². The number of carbonyl (C=O) groups is 2. The topological polar surface area (TPSA) is 101 Å². The van der Waals surface area contributed by atoms with Crippen LogP contribution in [0.15, 0.2) is 72.9 Å². The fraction of sp³-hybridized carbons (Fsp3) is 0.0526. The molecule has 0 atom stereocenters. The Hall–Kier alpha value is -3.74. The Morgan fingerprint density at radius 3 is 2.31 bits per heavy atom. The number of carbonyl (C=O) groups excluding carboxylic acids is 2. The van der Waals surface area contributed by atoms with E-state index in [1.807, 2.05) is 18.2 Å². The first kappa shape index (κ1) is 18.6. The second-order valence-corrected chi connectivity index (χ2v) is 5.23. The van der Waals surface area contributed by atoms with Crippen LogP contribution in [0.4, 0.5) is 5.69 Å². The molecule has 7 nitrogen and oxygen atoms in total. The Morgan fingerprint density at radius 1 is 1.08 bits per heavy atom. The maximum absolute atomic E-state index is 12.4. The smallest absolute Gasteiger partial charge is 0.269 e. The fourth-order valence-corrected chi connectivity index (χ4v) is 2.06. The quantitative estimate of drug-likeness (QED) is 0.346. The molecule has 0 heterocycles. The van der Waals surface area contributed by atoms with E-state index in [4.69, 9.17) is 0 Å². The van der Waals surface area contributed by atoms with Gasteiger partial charge >= 0.3 is 0 Å². The average Bonchev–Trinajstić information content (AvgIpc) is 2.66. The summed E-state index contributed by atoms with van der Waals surface area (Å²) in [6.45, 7) is 3.78. The van der Waals surface area contributed by atoms with Crippen molar-refractivity contribution in [3.63, 3.8) is 0 Å². The molecular weight excluding hydrogens is 334 g/mol.